The van der Waals surface area contributed by atoms with Gasteiger partial charge in [0.15, 0.2) is 10.9 Å². The van der Waals surface area contributed by atoms with Crippen molar-refractivity contribution in [1.29, 1.82) is 0 Å². The molecule has 0 bridgehead atoms. The van der Waals surface area contributed by atoms with Crippen LogP contribution in [0, 0.1) is 0 Å². The molecule has 98 valence electrons. The maximum atomic E-state index is 11.9. The Balaban J connectivity index is 1.80. The largest absolute Gasteiger partial charge is 0.297 e. The van der Waals surface area contributed by atoms with Crippen molar-refractivity contribution in [3.05, 3.63) is 31.9 Å². The van der Waals surface area contributed by atoms with Crippen LogP contribution in [-0.4, -0.2) is 16.7 Å². The SMILES string of the molecule is O=C(Nc1nc2c(s1)C(=O)CCC2)c1ccc(Cl)s1. The van der Waals surface area contributed by atoms with Crippen molar-refractivity contribution in [2.45, 2.75) is 19.3 Å². The van der Waals surface area contributed by atoms with Crippen molar-refractivity contribution in [3.8, 4) is 0 Å². The van der Waals surface area contributed by atoms with Gasteiger partial charge in [0, 0.05) is 6.42 Å². The molecule has 2 aromatic rings. The molecule has 2 aromatic heterocycles. The van der Waals surface area contributed by atoms with Crippen molar-refractivity contribution in [1.82, 2.24) is 4.98 Å². The minimum Gasteiger partial charge on any atom is -0.297 e. The highest BCUT2D eigenvalue weighted by Gasteiger charge is 2.23. The van der Waals surface area contributed by atoms with Crippen LogP contribution in [-0.2, 0) is 6.42 Å². The first kappa shape index (κ1) is 12.8. The zero-order valence-electron chi connectivity index (χ0n) is 9.73. The van der Waals surface area contributed by atoms with Gasteiger partial charge >= 0.3 is 0 Å². The third-order valence-corrected chi connectivity index (χ3v) is 5.07. The van der Waals surface area contributed by atoms with Gasteiger partial charge in [-0.25, -0.2) is 4.98 Å². The van der Waals surface area contributed by atoms with Gasteiger partial charge in [0.1, 0.15) is 0 Å². The molecule has 0 atom stereocenters. The van der Waals surface area contributed by atoms with Gasteiger partial charge in [-0.05, 0) is 25.0 Å². The number of ketones is 1. The number of thiophene rings is 1. The van der Waals surface area contributed by atoms with E-state index in [0.717, 1.165) is 18.5 Å². The van der Waals surface area contributed by atoms with Gasteiger partial charge in [0.25, 0.3) is 5.91 Å². The van der Waals surface area contributed by atoms with Crippen LogP contribution < -0.4 is 5.32 Å². The smallest absolute Gasteiger partial charge is 0.267 e. The summed E-state index contributed by atoms with van der Waals surface area (Å²) in [5.41, 5.74) is 0.806. The van der Waals surface area contributed by atoms with E-state index in [-0.39, 0.29) is 11.7 Å². The van der Waals surface area contributed by atoms with E-state index < -0.39 is 0 Å². The second-order valence-corrected chi connectivity index (χ2v) is 6.84. The lowest BCUT2D eigenvalue weighted by Gasteiger charge is -2.05. The van der Waals surface area contributed by atoms with Gasteiger partial charge in [0.05, 0.1) is 19.8 Å². The molecular formula is C12H9ClN2O2S2. The van der Waals surface area contributed by atoms with Crippen LogP contribution in [0.2, 0.25) is 4.34 Å². The summed E-state index contributed by atoms with van der Waals surface area (Å²) in [6.07, 6.45) is 2.21. The number of carbonyl (C=O) groups excluding carboxylic acids is 2. The van der Waals surface area contributed by atoms with E-state index in [1.807, 2.05) is 0 Å². The number of carbonyl (C=O) groups is 2. The molecule has 4 nitrogen and oxygen atoms in total. The van der Waals surface area contributed by atoms with Crippen molar-refractivity contribution in [2.24, 2.45) is 0 Å². The molecule has 0 unspecified atom stereocenters. The van der Waals surface area contributed by atoms with Gasteiger partial charge < -0.3 is 0 Å². The summed E-state index contributed by atoms with van der Waals surface area (Å²) in [4.78, 5) is 29.2. The van der Waals surface area contributed by atoms with E-state index >= 15 is 0 Å². The lowest BCUT2D eigenvalue weighted by Crippen LogP contribution is -2.10. The molecule has 7 heteroatoms. The van der Waals surface area contributed by atoms with Crippen molar-refractivity contribution >= 4 is 51.1 Å². The minimum absolute atomic E-state index is 0.124. The Bertz CT molecular complexity index is 662. The number of hydrogen-bond donors (Lipinski definition) is 1. The molecule has 0 aromatic carbocycles. The second kappa shape index (κ2) is 5.03. The number of hydrogen-bond acceptors (Lipinski definition) is 5. The number of anilines is 1. The fraction of sp³-hybridized carbons (Fsp3) is 0.250. The molecule has 0 saturated carbocycles. The van der Waals surface area contributed by atoms with Crippen molar-refractivity contribution in [3.63, 3.8) is 0 Å². The zero-order valence-corrected chi connectivity index (χ0v) is 12.1. The van der Waals surface area contributed by atoms with Gasteiger partial charge in [-0.1, -0.05) is 22.9 Å². The first-order valence-electron chi connectivity index (χ1n) is 5.73. The number of fused-ring (bicyclic) bond motifs is 1. The molecule has 0 spiro atoms. The molecule has 0 saturated heterocycles. The average Bonchev–Trinajstić information content (AvgIpc) is 2.96. The fourth-order valence-corrected chi connectivity index (χ4v) is 3.83. The Hall–Kier alpha value is -1.24. The number of amides is 1. The highest BCUT2D eigenvalue weighted by molar-refractivity contribution is 7.19. The average molecular weight is 313 g/mol. The van der Waals surface area contributed by atoms with E-state index in [1.54, 1.807) is 12.1 Å². The summed E-state index contributed by atoms with van der Waals surface area (Å²) in [6.45, 7) is 0. The number of halogens is 1. The lowest BCUT2D eigenvalue weighted by atomic mass is 10.0. The predicted octanol–water partition coefficient (Wildman–Crippen LogP) is 3.63. The topological polar surface area (TPSA) is 59.1 Å². The third-order valence-electron chi connectivity index (χ3n) is 2.79. The van der Waals surface area contributed by atoms with Gasteiger partial charge in [0.2, 0.25) is 0 Å². The fourth-order valence-electron chi connectivity index (χ4n) is 1.92. The van der Waals surface area contributed by atoms with Crippen LogP contribution in [0.15, 0.2) is 12.1 Å². The lowest BCUT2D eigenvalue weighted by molar-refractivity contribution is 0.0975. The van der Waals surface area contributed by atoms with Crippen LogP contribution in [0.1, 0.15) is 37.9 Å². The number of nitrogens with one attached hydrogen (secondary N) is 1. The maximum absolute atomic E-state index is 11.9. The van der Waals surface area contributed by atoms with Crippen LogP contribution in [0.25, 0.3) is 0 Å². The normalized spacial score (nSPS) is 14.3. The summed E-state index contributed by atoms with van der Waals surface area (Å²) in [7, 11) is 0. The molecule has 3 rings (SSSR count). The Kier molecular flexibility index (Phi) is 3.38. The standard InChI is InChI=1S/C12H9ClN2O2S2/c13-9-5-4-8(18-9)11(17)15-12-14-6-2-1-3-7(16)10(6)19-12/h4-5H,1-3H2,(H,14,15,17). The summed E-state index contributed by atoms with van der Waals surface area (Å²) < 4.78 is 0.568. The zero-order chi connectivity index (χ0) is 13.4. The number of thiazole rings is 1. The maximum Gasteiger partial charge on any atom is 0.267 e. The molecule has 1 aliphatic carbocycles. The number of nitrogens with zero attached hydrogens (tertiary/aromatic N) is 1. The first-order chi connectivity index (χ1) is 9.13. The molecule has 0 fully saturated rings. The summed E-state index contributed by atoms with van der Waals surface area (Å²) in [5.74, 6) is -0.117. The highest BCUT2D eigenvalue weighted by atomic mass is 35.5. The minimum atomic E-state index is -0.240. The summed E-state index contributed by atoms with van der Waals surface area (Å²) in [5, 5.41) is 3.20. The molecule has 0 radical (unpaired) electrons. The van der Waals surface area contributed by atoms with E-state index in [9.17, 15) is 9.59 Å². The molecule has 1 amide bonds. The Labute approximate surface area is 122 Å². The van der Waals surface area contributed by atoms with Crippen LogP contribution in [0.3, 0.4) is 0 Å². The summed E-state index contributed by atoms with van der Waals surface area (Å²) in [6, 6.07) is 3.35. The van der Waals surface area contributed by atoms with E-state index in [1.165, 1.54) is 22.7 Å². The summed E-state index contributed by atoms with van der Waals surface area (Å²) >= 11 is 8.26. The van der Waals surface area contributed by atoms with Crippen molar-refractivity contribution < 1.29 is 9.59 Å². The van der Waals surface area contributed by atoms with E-state index in [0.29, 0.717) is 25.6 Å². The molecule has 1 N–H and O–H groups in total. The second-order valence-electron chi connectivity index (χ2n) is 4.13. The highest BCUT2D eigenvalue weighted by Crippen LogP contribution is 2.30. The quantitative estimate of drug-likeness (QED) is 0.921. The van der Waals surface area contributed by atoms with Gasteiger partial charge in [-0.2, -0.15) is 0 Å². The van der Waals surface area contributed by atoms with Crippen LogP contribution in [0.5, 0.6) is 0 Å². The van der Waals surface area contributed by atoms with Crippen molar-refractivity contribution in [2.75, 3.05) is 5.32 Å². The Morgan fingerprint density at radius 3 is 2.84 bits per heavy atom. The molecule has 1 aliphatic rings. The monoisotopic (exact) mass is 312 g/mol. The number of Topliss-reactive ketones (excluding diaryl/α,β-unsaturated/α-hetero) is 1. The molecule has 0 aliphatic heterocycles. The van der Waals surface area contributed by atoms with Crippen LogP contribution in [0.4, 0.5) is 5.13 Å². The van der Waals surface area contributed by atoms with E-state index in [2.05, 4.69) is 10.3 Å². The van der Waals surface area contributed by atoms with E-state index in [4.69, 9.17) is 11.6 Å². The van der Waals surface area contributed by atoms with Gasteiger partial charge in [-0.3, -0.25) is 14.9 Å². The number of rotatable bonds is 2. The van der Waals surface area contributed by atoms with Crippen LogP contribution >= 0.6 is 34.3 Å². The number of aryl methyl sites for hydroxylation is 1. The Morgan fingerprint density at radius 2 is 2.16 bits per heavy atom. The van der Waals surface area contributed by atoms with Gasteiger partial charge in [-0.15, -0.1) is 11.3 Å². The first-order valence-corrected chi connectivity index (χ1v) is 7.74. The Morgan fingerprint density at radius 1 is 1.32 bits per heavy atom. The predicted molar refractivity (Wildman–Crippen MR) is 76.7 cm³/mol. The molecule has 2 heterocycles. The third kappa shape index (κ3) is 2.56. The molecular weight excluding hydrogens is 304 g/mol. The molecule has 19 heavy (non-hydrogen) atoms. The number of aromatic nitrogens is 1.